The molecule has 0 saturated heterocycles. The van der Waals surface area contributed by atoms with Crippen molar-refractivity contribution >= 4 is 34.5 Å². The Kier molecular flexibility index (Phi) is 5.58. The molecule has 0 fully saturated rings. The Labute approximate surface area is 176 Å². The van der Waals surface area contributed by atoms with Crippen molar-refractivity contribution in [3.8, 4) is 10.8 Å². The van der Waals surface area contributed by atoms with Crippen LogP contribution in [0, 0.1) is 6.92 Å². The van der Waals surface area contributed by atoms with Crippen molar-refractivity contribution in [2.75, 3.05) is 10.6 Å². The summed E-state index contributed by atoms with van der Waals surface area (Å²) in [5, 5.41) is 6.28. The van der Waals surface area contributed by atoms with Gasteiger partial charge in [0.15, 0.2) is 10.8 Å². The molecule has 0 bridgehead atoms. The molecule has 2 aromatic carbocycles. The minimum Gasteiger partial charge on any atom is -0.320 e. The van der Waals surface area contributed by atoms with E-state index in [1.54, 1.807) is 73.9 Å². The van der Waals surface area contributed by atoms with Crippen LogP contribution >= 0.6 is 11.3 Å². The summed E-state index contributed by atoms with van der Waals surface area (Å²) in [5.74, 6) is -0.0939. The highest BCUT2D eigenvalue weighted by molar-refractivity contribution is 7.17. The van der Waals surface area contributed by atoms with Gasteiger partial charge in [-0.05, 0) is 37.3 Å². The summed E-state index contributed by atoms with van der Waals surface area (Å²) in [4.78, 5) is 38.6. The molecule has 4 aromatic rings. The number of benzene rings is 2. The largest absolute Gasteiger partial charge is 0.320 e. The monoisotopic (exact) mass is 415 g/mol. The average Bonchev–Trinajstić information content (AvgIpc) is 3.18. The third-order valence-electron chi connectivity index (χ3n) is 4.22. The number of nitrogens with zero attached hydrogens (tertiary/aromatic N) is 3. The van der Waals surface area contributed by atoms with Gasteiger partial charge in [0, 0.05) is 18.0 Å². The number of aromatic nitrogens is 3. The molecular formula is C22H17N5O2S. The summed E-state index contributed by atoms with van der Waals surface area (Å²) in [6, 6.07) is 17.7. The molecule has 0 aliphatic heterocycles. The number of carbonyl (C=O) groups is 2. The van der Waals surface area contributed by atoms with E-state index in [4.69, 9.17) is 0 Å². The van der Waals surface area contributed by atoms with Gasteiger partial charge in [0.25, 0.3) is 11.8 Å². The Hall–Kier alpha value is -3.91. The molecule has 7 nitrogen and oxygen atoms in total. The zero-order valence-electron chi connectivity index (χ0n) is 16.0. The number of aryl methyl sites for hydroxylation is 1. The van der Waals surface area contributed by atoms with Gasteiger partial charge in [-0.15, -0.1) is 11.3 Å². The minimum atomic E-state index is -0.311. The highest BCUT2D eigenvalue weighted by Gasteiger charge is 2.19. The molecule has 2 N–H and O–H groups in total. The summed E-state index contributed by atoms with van der Waals surface area (Å²) >= 11 is 1.22. The van der Waals surface area contributed by atoms with Crippen molar-refractivity contribution < 1.29 is 9.59 Å². The predicted molar refractivity (Wildman–Crippen MR) is 117 cm³/mol. The van der Waals surface area contributed by atoms with Gasteiger partial charge >= 0.3 is 0 Å². The summed E-state index contributed by atoms with van der Waals surface area (Å²) in [6.45, 7) is 1.76. The first-order valence-electron chi connectivity index (χ1n) is 9.13. The molecule has 0 aliphatic carbocycles. The zero-order valence-corrected chi connectivity index (χ0v) is 16.8. The second-order valence-corrected chi connectivity index (χ2v) is 7.32. The van der Waals surface area contributed by atoms with Crippen LogP contribution in [0.1, 0.15) is 25.7 Å². The third-order valence-corrected chi connectivity index (χ3v) is 5.37. The van der Waals surface area contributed by atoms with Crippen LogP contribution in [0.2, 0.25) is 0 Å². The van der Waals surface area contributed by atoms with Crippen molar-refractivity contribution in [3.05, 3.63) is 89.2 Å². The molecule has 148 valence electrons. The smallest absolute Gasteiger partial charge is 0.267 e. The highest BCUT2D eigenvalue weighted by Crippen LogP contribution is 2.28. The van der Waals surface area contributed by atoms with E-state index >= 15 is 0 Å². The molecule has 0 aliphatic rings. The van der Waals surface area contributed by atoms with Crippen LogP contribution in [0.5, 0.6) is 0 Å². The van der Waals surface area contributed by atoms with Crippen LogP contribution in [0.25, 0.3) is 10.8 Å². The van der Waals surface area contributed by atoms with Crippen molar-refractivity contribution in [3.63, 3.8) is 0 Å². The van der Waals surface area contributed by atoms with Crippen molar-refractivity contribution in [1.29, 1.82) is 0 Å². The molecule has 0 radical (unpaired) electrons. The average molecular weight is 415 g/mol. The molecule has 2 aromatic heterocycles. The summed E-state index contributed by atoms with van der Waals surface area (Å²) in [5.41, 5.74) is 2.13. The molecule has 30 heavy (non-hydrogen) atoms. The Bertz CT molecular complexity index is 1190. The normalized spacial score (nSPS) is 10.4. The number of hydrogen-bond donors (Lipinski definition) is 2. The Morgan fingerprint density at radius 3 is 2.07 bits per heavy atom. The first-order chi connectivity index (χ1) is 14.6. The van der Waals surface area contributed by atoms with Crippen LogP contribution in [0.4, 0.5) is 11.4 Å². The molecule has 0 unspecified atom stereocenters. The SMILES string of the molecule is Cc1nc(-c2ncccn2)sc1C(=O)Nc1ccccc1NC(=O)c1ccccc1. The lowest BCUT2D eigenvalue weighted by Gasteiger charge is -2.12. The summed E-state index contributed by atoms with van der Waals surface area (Å²) in [6.07, 6.45) is 3.26. The van der Waals surface area contributed by atoms with Gasteiger partial charge in [-0.1, -0.05) is 30.3 Å². The quantitative estimate of drug-likeness (QED) is 0.503. The number of rotatable bonds is 5. The van der Waals surface area contributed by atoms with Crippen molar-refractivity contribution in [2.24, 2.45) is 0 Å². The van der Waals surface area contributed by atoms with E-state index in [2.05, 4.69) is 25.6 Å². The van der Waals surface area contributed by atoms with Gasteiger partial charge in [0.1, 0.15) is 4.88 Å². The fourth-order valence-electron chi connectivity index (χ4n) is 2.78. The van der Waals surface area contributed by atoms with E-state index in [0.29, 0.717) is 38.3 Å². The zero-order chi connectivity index (χ0) is 20.9. The number of nitrogens with one attached hydrogen (secondary N) is 2. The van der Waals surface area contributed by atoms with Gasteiger partial charge in [-0.2, -0.15) is 0 Å². The Balaban J connectivity index is 1.55. The van der Waals surface area contributed by atoms with Crippen LogP contribution in [-0.4, -0.2) is 26.8 Å². The van der Waals surface area contributed by atoms with E-state index in [-0.39, 0.29) is 11.8 Å². The first-order valence-corrected chi connectivity index (χ1v) is 9.95. The van der Waals surface area contributed by atoms with E-state index in [0.717, 1.165) is 0 Å². The van der Waals surface area contributed by atoms with Crippen molar-refractivity contribution in [1.82, 2.24) is 15.0 Å². The van der Waals surface area contributed by atoms with Crippen LogP contribution in [-0.2, 0) is 0 Å². The summed E-state index contributed by atoms with van der Waals surface area (Å²) < 4.78 is 0. The van der Waals surface area contributed by atoms with Gasteiger partial charge in [-0.25, -0.2) is 15.0 Å². The number of anilines is 2. The van der Waals surface area contributed by atoms with Gasteiger partial charge in [-0.3, -0.25) is 9.59 Å². The van der Waals surface area contributed by atoms with Crippen LogP contribution in [0.15, 0.2) is 73.1 Å². The standard InChI is InChI=1S/C22H17N5O2S/c1-14-18(30-22(25-14)19-23-12-7-13-24-19)21(29)27-17-11-6-5-10-16(17)26-20(28)15-8-3-2-4-9-15/h2-13H,1H3,(H,26,28)(H,27,29). The Morgan fingerprint density at radius 2 is 1.40 bits per heavy atom. The second-order valence-electron chi connectivity index (χ2n) is 6.33. The number of para-hydroxylation sites is 2. The fraction of sp³-hybridized carbons (Fsp3) is 0.0455. The highest BCUT2D eigenvalue weighted by atomic mass is 32.1. The van der Waals surface area contributed by atoms with E-state index in [1.807, 2.05) is 6.07 Å². The lowest BCUT2D eigenvalue weighted by Crippen LogP contribution is -2.16. The predicted octanol–water partition coefficient (Wildman–Crippen LogP) is 4.41. The lowest BCUT2D eigenvalue weighted by atomic mass is 10.2. The molecule has 4 rings (SSSR count). The van der Waals surface area contributed by atoms with Crippen LogP contribution in [0.3, 0.4) is 0 Å². The maximum absolute atomic E-state index is 12.9. The molecule has 0 atom stereocenters. The molecule has 2 heterocycles. The van der Waals surface area contributed by atoms with E-state index in [9.17, 15) is 9.59 Å². The summed E-state index contributed by atoms with van der Waals surface area (Å²) in [7, 11) is 0. The third kappa shape index (κ3) is 4.23. The number of thiazole rings is 1. The molecule has 0 spiro atoms. The van der Waals surface area contributed by atoms with Crippen molar-refractivity contribution in [2.45, 2.75) is 6.92 Å². The van der Waals surface area contributed by atoms with E-state index < -0.39 is 0 Å². The van der Waals surface area contributed by atoms with Crippen LogP contribution < -0.4 is 10.6 Å². The van der Waals surface area contributed by atoms with Gasteiger partial charge in [0.2, 0.25) is 0 Å². The molecule has 0 saturated carbocycles. The van der Waals surface area contributed by atoms with E-state index in [1.165, 1.54) is 11.3 Å². The number of carbonyl (C=O) groups excluding carboxylic acids is 2. The van der Waals surface area contributed by atoms with Gasteiger partial charge in [0.05, 0.1) is 17.1 Å². The number of hydrogen-bond acceptors (Lipinski definition) is 6. The Morgan fingerprint density at radius 1 is 0.800 bits per heavy atom. The fourth-order valence-corrected chi connectivity index (χ4v) is 3.69. The lowest BCUT2D eigenvalue weighted by molar-refractivity contribution is 0.101. The second kappa shape index (κ2) is 8.62. The molecule has 2 amide bonds. The minimum absolute atomic E-state index is 0.255. The molecular weight excluding hydrogens is 398 g/mol. The maximum Gasteiger partial charge on any atom is 0.267 e. The number of amides is 2. The van der Waals surface area contributed by atoms with Gasteiger partial charge < -0.3 is 10.6 Å². The molecule has 8 heteroatoms. The first kappa shape index (κ1) is 19.4. The maximum atomic E-state index is 12.9. The topological polar surface area (TPSA) is 96.9 Å².